The van der Waals surface area contributed by atoms with Gasteiger partial charge < -0.3 is 14.7 Å². The Labute approximate surface area is 106 Å². The van der Waals surface area contributed by atoms with Gasteiger partial charge in [-0.25, -0.2) is 9.18 Å². The number of nitrogens with zero attached hydrogens (tertiary/aromatic N) is 1. The van der Waals surface area contributed by atoms with Crippen LogP contribution in [0.15, 0.2) is 18.2 Å². The van der Waals surface area contributed by atoms with Gasteiger partial charge in [0, 0.05) is 25.4 Å². The van der Waals surface area contributed by atoms with E-state index in [0.29, 0.717) is 18.8 Å². The van der Waals surface area contributed by atoms with Crippen molar-refractivity contribution >= 4 is 11.7 Å². The first kappa shape index (κ1) is 14.4. The van der Waals surface area contributed by atoms with Crippen molar-refractivity contribution in [3.05, 3.63) is 29.6 Å². The van der Waals surface area contributed by atoms with E-state index in [9.17, 15) is 9.18 Å². The Kier molecular flexibility index (Phi) is 5.09. The minimum Gasteiger partial charge on any atom is -0.478 e. The molecule has 0 aliphatic rings. The molecular formula is C13H18FNO3. The third kappa shape index (κ3) is 3.43. The Morgan fingerprint density at radius 3 is 2.61 bits per heavy atom. The predicted octanol–water partition coefficient (Wildman–Crippen LogP) is 2.39. The molecule has 0 saturated heterocycles. The Morgan fingerprint density at radius 1 is 1.50 bits per heavy atom. The van der Waals surface area contributed by atoms with E-state index in [1.807, 2.05) is 18.7 Å². The van der Waals surface area contributed by atoms with E-state index < -0.39 is 11.8 Å². The first-order valence-corrected chi connectivity index (χ1v) is 5.75. The lowest BCUT2D eigenvalue weighted by molar-refractivity contribution is 0.0692. The van der Waals surface area contributed by atoms with Crippen LogP contribution in [0.3, 0.4) is 0 Å². The van der Waals surface area contributed by atoms with E-state index in [2.05, 4.69) is 0 Å². The van der Waals surface area contributed by atoms with E-state index in [-0.39, 0.29) is 11.6 Å². The third-order valence-electron chi connectivity index (χ3n) is 2.67. The first-order chi connectivity index (χ1) is 8.47. The Balaban J connectivity index is 2.99. The standard InChI is InChI=1S/C13H18FNO3/c1-9(2)15(6-7-18-3)10-4-5-11(13(16)17)12(14)8-10/h4-5,8-9H,6-7H2,1-3H3,(H,16,17). The van der Waals surface area contributed by atoms with Gasteiger partial charge in [-0.15, -0.1) is 0 Å². The van der Waals surface area contributed by atoms with Crippen molar-refractivity contribution in [2.45, 2.75) is 19.9 Å². The van der Waals surface area contributed by atoms with Gasteiger partial charge in [0.2, 0.25) is 0 Å². The molecule has 0 saturated carbocycles. The highest BCUT2D eigenvalue weighted by Crippen LogP contribution is 2.20. The molecule has 0 radical (unpaired) electrons. The zero-order valence-corrected chi connectivity index (χ0v) is 10.8. The molecule has 0 fully saturated rings. The summed E-state index contributed by atoms with van der Waals surface area (Å²) >= 11 is 0. The van der Waals surface area contributed by atoms with Crippen LogP contribution in [0.25, 0.3) is 0 Å². The van der Waals surface area contributed by atoms with Crippen molar-refractivity contribution < 1.29 is 19.0 Å². The second kappa shape index (κ2) is 6.35. The van der Waals surface area contributed by atoms with Crippen LogP contribution in [0.2, 0.25) is 0 Å². The van der Waals surface area contributed by atoms with Crippen molar-refractivity contribution in [3.8, 4) is 0 Å². The molecule has 0 atom stereocenters. The van der Waals surface area contributed by atoms with Crippen LogP contribution < -0.4 is 4.90 Å². The van der Waals surface area contributed by atoms with E-state index in [1.165, 1.54) is 12.1 Å². The van der Waals surface area contributed by atoms with E-state index >= 15 is 0 Å². The van der Waals surface area contributed by atoms with Crippen molar-refractivity contribution in [2.75, 3.05) is 25.2 Å². The summed E-state index contributed by atoms with van der Waals surface area (Å²) in [4.78, 5) is 12.7. The maximum atomic E-state index is 13.6. The highest BCUT2D eigenvalue weighted by Gasteiger charge is 2.15. The molecule has 100 valence electrons. The molecule has 1 aromatic carbocycles. The lowest BCUT2D eigenvalue weighted by Crippen LogP contribution is -2.33. The number of methoxy groups -OCH3 is 1. The van der Waals surface area contributed by atoms with Gasteiger partial charge in [-0.2, -0.15) is 0 Å². The second-order valence-corrected chi connectivity index (χ2v) is 4.25. The molecule has 4 nitrogen and oxygen atoms in total. The summed E-state index contributed by atoms with van der Waals surface area (Å²) in [6.45, 7) is 5.12. The summed E-state index contributed by atoms with van der Waals surface area (Å²) in [5, 5.41) is 8.77. The van der Waals surface area contributed by atoms with Gasteiger partial charge in [0.05, 0.1) is 12.2 Å². The van der Waals surface area contributed by atoms with Gasteiger partial charge in [-0.3, -0.25) is 0 Å². The van der Waals surface area contributed by atoms with Gasteiger partial charge in [0.1, 0.15) is 5.82 Å². The maximum Gasteiger partial charge on any atom is 0.338 e. The molecule has 5 heteroatoms. The van der Waals surface area contributed by atoms with Gasteiger partial charge >= 0.3 is 5.97 Å². The molecule has 0 aliphatic heterocycles. The largest absolute Gasteiger partial charge is 0.478 e. The Morgan fingerprint density at radius 2 is 2.17 bits per heavy atom. The van der Waals surface area contributed by atoms with Gasteiger partial charge in [0.15, 0.2) is 0 Å². The molecule has 0 aliphatic carbocycles. The summed E-state index contributed by atoms with van der Waals surface area (Å²) in [7, 11) is 1.60. The van der Waals surface area contributed by atoms with Gasteiger partial charge in [-0.05, 0) is 32.0 Å². The average molecular weight is 255 g/mol. The van der Waals surface area contributed by atoms with Crippen molar-refractivity contribution in [1.29, 1.82) is 0 Å². The number of hydrogen-bond acceptors (Lipinski definition) is 3. The number of rotatable bonds is 6. The topological polar surface area (TPSA) is 49.8 Å². The van der Waals surface area contributed by atoms with E-state index in [1.54, 1.807) is 13.2 Å². The van der Waals surface area contributed by atoms with Crippen molar-refractivity contribution in [1.82, 2.24) is 0 Å². The monoisotopic (exact) mass is 255 g/mol. The molecule has 1 N–H and O–H groups in total. The number of hydrogen-bond donors (Lipinski definition) is 1. The molecule has 0 heterocycles. The third-order valence-corrected chi connectivity index (χ3v) is 2.67. The number of benzene rings is 1. The molecular weight excluding hydrogens is 237 g/mol. The van der Waals surface area contributed by atoms with Crippen LogP contribution in [0.4, 0.5) is 10.1 Å². The average Bonchev–Trinajstić information content (AvgIpc) is 2.28. The van der Waals surface area contributed by atoms with Crippen LogP contribution >= 0.6 is 0 Å². The van der Waals surface area contributed by atoms with E-state index in [0.717, 1.165) is 0 Å². The fourth-order valence-electron chi connectivity index (χ4n) is 1.73. The minimum absolute atomic E-state index is 0.176. The zero-order chi connectivity index (χ0) is 13.7. The fraction of sp³-hybridized carbons (Fsp3) is 0.462. The number of aromatic carboxylic acids is 1. The van der Waals surface area contributed by atoms with Crippen LogP contribution in [0.1, 0.15) is 24.2 Å². The quantitative estimate of drug-likeness (QED) is 0.848. The van der Waals surface area contributed by atoms with Crippen LogP contribution in [0, 0.1) is 5.82 Å². The number of ether oxygens (including phenoxy) is 1. The molecule has 1 rings (SSSR count). The van der Waals surface area contributed by atoms with Crippen molar-refractivity contribution in [3.63, 3.8) is 0 Å². The minimum atomic E-state index is -1.26. The molecule has 18 heavy (non-hydrogen) atoms. The smallest absolute Gasteiger partial charge is 0.338 e. The highest BCUT2D eigenvalue weighted by molar-refractivity contribution is 5.88. The zero-order valence-electron chi connectivity index (χ0n) is 10.8. The summed E-state index contributed by atoms with van der Waals surface area (Å²) in [6.07, 6.45) is 0. The fourth-order valence-corrected chi connectivity index (χ4v) is 1.73. The number of carbonyl (C=O) groups is 1. The summed E-state index contributed by atoms with van der Waals surface area (Å²) in [6, 6.07) is 4.33. The molecule has 0 unspecified atom stereocenters. The number of carboxylic acids is 1. The Hall–Kier alpha value is -1.62. The Bertz CT molecular complexity index is 421. The maximum absolute atomic E-state index is 13.6. The summed E-state index contributed by atoms with van der Waals surface area (Å²) < 4.78 is 18.6. The van der Waals surface area contributed by atoms with Crippen LogP contribution in [0.5, 0.6) is 0 Å². The van der Waals surface area contributed by atoms with Crippen LogP contribution in [-0.2, 0) is 4.74 Å². The number of anilines is 1. The lowest BCUT2D eigenvalue weighted by Gasteiger charge is -2.28. The van der Waals surface area contributed by atoms with Crippen molar-refractivity contribution in [2.24, 2.45) is 0 Å². The molecule has 0 amide bonds. The molecule has 1 aromatic rings. The molecule has 0 bridgehead atoms. The van der Waals surface area contributed by atoms with Gasteiger partial charge in [-0.1, -0.05) is 0 Å². The highest BCUT2D eigenvalue weighted by atomic mass is 19.1. The second-order valence-electron chi connectivity index (χ2n) is 4.25. The van der Waals surface area contributed by atoms with E-state index in [4.69, 9.17) is 9.84 Å². The summed E-state index contributed by atoms with van der Waals surface area (Å²) in [5.41, 5.74) is 0.346. The SMILES string of the molecule is COCCN(c1ccc(C(=O)O)c(F)c1)C(C)C. The van der Waals surface area contributed by atoms with Crippen LogP contribution in [-0.4, -0.2) is 37.4 Å². The first-order valence-electron chi connectivity index (χ1n) is 5.75. The molecule has 0 aromatic heterocycles. The normalized spacial score (nSPS) is 10.7. The molecule has 0 spiro atoms. The lowest BCUT2D eigenvalue weighted by atomic mass is 10.1. The number of halogens is 1. The number of carboxylic acid groups (broad SMARTS) is 1. The van der Waals surface area contributed by atoms with Gasteiger partial charge in [0.25, 0.3) is 0 Å². The predicted molar refractivity (Wildman–Crippen MR) is 67.7 cm³/mol. The summed E-state index contributed by atoms with van der Waals surface area (Å²) in [5.74, 6) is -1.98.